The van der Waals surface area contributed by atoms with Crippen molar-refractivity contribution in [2.24, 2.45) is 10.9 Å². The third kappa shape index (κ3) is 2.19. The molecule has 2 atom stereocenters. The lowest BCUT2D eigenvalue weighted by atomic mass is 9.72. The van der Waals surface area contributed by atoms with Crippen molar-refractivity contribution in [3.05, 3.63) is 0 Å². The van der Waals surface area contributed by atoms with Gasteiger partial charge in [0.25, 0.3) is 0 Å². The fraction of sp³-hybridized carbons (Fsp3) is 0.833. The Bertz CT molecular complexity index is 377. The lowest BCUT2D eigenvalue weighted by Crippen LogP contribution is -2.61. The van der Waals surface area contributed by atoms with Crippen molar-refractivity contribution in [3.63, 3.8) is 0 Å². The molecule has 1 fully saturated rings. The molecule has 0 amide bonds. The van der Waals surface area contributed by atoms with Gasteiger partial charge in [-0.3, -0.25) is 0 Å². The maximum absolute atomic E-state index is 13.5. The number of alkyl halides is 3. The first-order chi connectivity index (χ1) is 8.93. The number of ether oxygens (including phenoxy) is 2. The quantitative estimate of drug-likeness (QED) is 0.729. The zero-order valence-corrected chi connectivity index (χ0v) is 10.6. The molecule has 0 aromatic carbocycles. The van der Waals surface area contributed by atoms with Crippen LogP contribution in [-0.4, -0.2) is 37.3 Å². The number of nitrogens with zero attached hydrogens (tertiary/aromatic N) is 1. The van der Waals surface area contributed by atoms with Crippen molar-refractivity contribution in [2.45, 2.75) is 49.9 Å². The van der Waals surface area contributed by atoms with Crippen LogP contribution >= 0.6 is 0 Å². The van der Waals surface area contributed by atoms with E-state index in [1.807, 2.05) is 0 Å². The molecule has 1 heterocycles. The van der Waals surface area contributed by atoms with Crippen LogP contribution in [0.4, 0.5) is 13.2 Å². The van der Waals surface area contributed by atoms with Crippen LogP contribution in [0.1, 0.15) is 32.1 Å². The van der Waals surface area contributed by atoms with Gasteiger partial charge in [0.1, 0.15) is 0 Å². The molecule has 0 aromatic heterocycles. The molecule has 0 N–H and O–H groups in total. The number of halogens is 3. The largest absolute Gasteiger partial charge is 0.467 e. The van der Waals surface area contributed by atoms with Crippen molar-refractivity contribution in [3.8, 4) is 0 Å². The van der Waals surface area contributed by atoms with E-state index in [1.165, 1.54) is 0 Å². The van der Waals surface area contributed by atoms with Gasteiger partial charge in [-0.05, 0) is 12.8 Å². The second-order valence-corrected chi connectivity index (χ2v) is 4.92. The monoisotopic (exact) mass is 279 g/mol. The first-order valence-electron chi connectivity index (χ1n) is 6.27. The van der Waals surface area contributed by atoms with Crippen molar-refractivity contribution in [1.29, 1.82) is 0 Å². The Hall–Kier alpha value is -1.27. The average molecular weight is 279 g/mol. The first kappa shape index (κ1) is 14.1. The highest BCUT2D eigenvalue weighted by Gasteiger charge is 2.70. The first-order valence-corrected chi connectivity index (χ1v) is 6.27. The number of aliphatic imine (C=N–C) groups is 1. The van der Waals surface area contributed by atoms with Crippen LogP contribution in [0.5, 0.6) is 0 Å². The van der Waals surface area contributed by atoms with Gasteiger partial charge >= 0.3 is 12.1 Å². The molecule has 0 saturated heterocycles. The number of carbonyl (C=O) groups excluding carboxylic acids is 1. The fourth-order valence-electron chi connectivity index (χ4n) is 3.01. The van der Waals surface area contributed by atoms with Gasteiger partial charge in [0.05, 0.1) is 7.11 Å². The Kier molecular flexibility index (Phi) is 3.73. The Morgan fingerprint density at radius 1 is 1.37 bits per heavy atom. The molecular weight excluding hydrogens is 263 g/mol. The summed E-state index contributed by atoms with van der Waals surface area (Å²) >= 11 is 0. The molecule has 7 heteroatoms. The topological polar surface area (TPSA) is 47.9 Å². The van der Waals surface area contributed by atoms with E-state index in [0.29, 0.717) is 25.7 Å². The van der Waals surface area contributed by atoms with Crippen molar-refractivity contribution in [1.82, 2.24) is 0 Å². The molecule has 0 aromatic rings. The van der Waals surface area contributed by atoms with Crippen LogP contribution in [0.3, 0.4) is 0 Å². The van der Waals surface area contributed by atoms with E-state index >= 15 is 0 Å². The van der Waals surface area contributed by atoms with E-state index in [-0.39, 0.29) is 0 Å². The van der Waals surface area contributed by atoms with Gasteiger partial charge in [-0.25, -0.2) is 9.79 Å². The summed E-state index contributed by atoms with van der Waals surface area (Å²) in [5.41, 5.74) is -2.56. The summed E-state index contributed by atoms with van der Waals surface area (Å²) in [5, 5.41) is 0. The Morgan fingerprint density at radius 3 is 2.53 bits per heavy atom. The molecule has 0 radical (unpaired) electrons. The number of carbonyl (C=O) groups is 1. The summed E-state index contributed by atoms with van der Waals surface area (Å²) in [6, 6.07) is -1.65. The molecule has 0 bridgehead atoms. The summed E-state index contributed by atoms with van der Waals surface area (Å²) in [4.78, 5) is 15.2. The minimum Gasteiger partial charge on any atom is -0.467 e. The third-order valence-corrected chi connectivity index (χ3v) is 3.94. The minimum atomic E-state index is -4.66. The van der Waals surface area contributed by atoms with Gasteiger partial charge in [-0.1, -0.05) is 19.3 Å². The Labute approximate surface area is 109 Å². The summed E-state index contributed by atoms with van der Waals surface area (Å²) in [7, 11) is 1.05. The molecular formula is C12H16F3NO3. The van der Waals surface area contributed by atoms with Gasteiger partial charge in [0.15, 0.2) is 12.4 Å². The number of hydrogen-bond donors (Lipinski definition) is 0. The average Bonchev–Trinajstić information content (AvgIpc) is 2.84. The number of esters is 1. The molecule has 0 unspecified atom stereocenters. The van der Waals surface area contributed by atoms with Gasteiger partial charge in [-0.15, -0.1) is 0 Å². The lowest BCUT2D eigenvalue weighted by Gasteiger charge is -2.41. The molecule has 4 nitrogen and oxygen atoms in total. The smallest absolute Gasteiger partial charge is 0.431 e. The molecule has 2 rings (SSSR count). The van der Waals surface area contributed by atoms with Crippen LogP contribution < -0.4 is 0 Å². The highest BCUT2D eigenvalue weighted by atomic mass is 19.4. The summed E-state index contributed by atoms with van der Waals surface area (Å²) < 4.78 is 49.9. The van der Waals surface area contributed by atoms with Crippen molar-refractivity contribution < 1.29 is 27.4 Å². The lowest BCUT2D eigenvalue weighted by molar-refractivity contribution is -0.275. The number of rotatable bonds is 2. The molecule has 108 valence electrons. The SMILES string of the molecule is COC(=O)[C@@H]1N=CO[C@@]1(C1CCCCC1)C(F)(F)F. The Morgan fingerprint density at radius 2 is 2.00 bits per heavy atom. The highest BCUT2D eigenvalue weighted by Crippen LogP contribution is 2.50. The minimum absolute atomic E-state index is 0.385. The maximum Gasteiger partial charge on any atom is 0.431 e. The zero-order chi connectivity index (χ0) is 14.1. The zero-order valence-electron chi connectivity index (χ0n) is 10.6. The second kappa shape index (κ2) is 5.02. The van der Waals surface area contributed by atoms with Crippen molar-refractivity contribution in [2.75, 3.05) is 7.11 Å². The molecule has 0 spiro atoms. The summed E-state index contributed by atoms with van der Waals surface area (Å²) in [6.07, 6.45) is -0.825. The van der Waals surface area contributed by atoms with E-state index in [1.54, 1.807) is 0 Å². The van der Waals surface area contributed by atoms with Crippen molar-refractivity contribution >= 4 is 12.4 Å². The van der Waals surface area contributed by atoms with Gasteiger partial charge in [0.2, 0.25) is 5.60 Å². The van der Waals surface area contributed by atoms with E-state index in [0.717, 1.165) is 19.9 Å². The van der Waals surface area contributed by atoms with Gasteiger partial charge in [-0.2, -0.15) is 13.2 Å². The molecule has 19 heavy (non-hydrogen) atoms. The van der Waals surface area contributed by atoms with Crippen LogP contribution in [0.15, 0.2) is 4.99 Å². The maximum atomic E-state index is 13.5. The summed E-state index contributed by atoms with van der Waals surface area (Å²) in [6.45, 7) is 0. The van der Waals surface area contributed by atoms with Gasteiger partial charge < -0.3 is 9.47 Å². The van der Waals surface area contributed by atoms with Crippen LogP contribution in [0.2, 0.25) is 0 Å². The van der Waals surface area contributed by atoms with E-state index < -0.39 is 29.7 Å². The van der Waals surface area contributed by atoms with E-state index in [9.17, 15) is 18.0 Å². The number of methoxy groups -OCH3 is 1. The van der Waals surface area contributed by atoms with E-state index in [2.05, 4.69) is 9.73 Å². The molecule has 2 aliphatic rings. The molecule has 1 aliphatic heterocycles. The van der Waals surface area contributed by atoms with Crippen LogP contribution in [0.25, 0.3) is 0 Å². The molecule has 1 saturated carbocycles. The Balaban J connectivity index is 2.37. The van der Waals surface area contributed by atoms with Crippen LogP contribution in [-0.2, 0) is 14.3 Å². The molecule has 1 aliphatic carbocycles. The third-order valence-electron chi connectivity index (χ3n) is 3.94. The standard InChI is InChI=1S/C12H16F3NO3/c1-18-10(17)9-11(12(13,14)15,19-7-16-9)8-5-3-2-4-6-8/h7-9H,2-6H2,1H3/t9-,11+/m0/s1. The van der Waals surface area contributed by atoms with Crippen LogP contribution in [0, 0.1) is 5.92 Å². The fourth-order valence-corrected chi connectivity index (χ4v) is 3.01. The second-order valence-electron chi connectivity index (χ2n) is 4.92. The number of hydrogen-bond acceptors (Lipinski definition) is 4. The van der Waals surface area contributed by atoms with Gasteiger partial charge in [0, 0.05) is 5.92 Å². The normalized spacial score (nSPS) is 32.1. The summed E-state index contributed by atoms with van der Waals surface area (Å²) in [5.74, 6) is -1.76. The predicted molar refractivity (Wildman–Crippen MR) is 60.7 cm³/mol. The van der Waals surface area contributed by atoms with E-state index in [4.69, 9.17) is 4.74 Å². The predicted octanol–water partition coefficient (Wildman–Crippen LogP) is 2.47. The highest BCUT2D eigenvalue weighted by molar-refractivity contribution is 5.81.